The summed E-state index contributed by atoms with van der Waals surface area (Å²) < 4.78 is 0. The highest BCUT2D eigenvalue weighted by atomic mass is 32.2. The zero-order chi connectivity index (χ0) is 12.1. The second-order valence-electron chi connectivity index (χ2n) is 6.57. The van der Waals surface area contributed by atoms with Gasteiger partial charge in [-0.05, 0) is 30.4 Å². The molecule has 1 aliphatic carbocycles. The van der Waals surface area contributed by atoms with E-state index in [2.05, 4.69) is 30.9 Å². The molecule has 17 heavy (non-hydrogen) atoms. The topological polar surface area (TPSA) is 12.0 Å². The van der Waals surface area contributed by atoms with Gasteiger partial charge in [0.1, 0.15) is 0 Å². The van der Waals surface area contributed by atoms with Crippen molar-refractivity contribution in [2.45, 2.75) is 77.3 Å². The predicted octanol–water partition coefficient (Wildman–Crippen LogP) is 4.22. The maximum absolute atomic E-state index is 4.00. The van der Waals surface area contributed by atoms with Gasteiger partial charge < -0.3 is 5.32 Å². The van der Waals surface area contributed by atoms with Crippen molar-refractivity contribution in [2.24, 2.45) is 5.41 Å². The molecule has 0 aromatic rings. The number of rotatable bonds is 2. The average Bonchev–Trinajstić information content (AvgIpc) is 2.24. The van der Waals surface area contributed by atoms with Crippen LogP contribution in [0.5, 0.6) is 0 Å². The van der Waals surface area contributed by atoms with Crippen molar-refractivity contribution in [1.82, 2.24) is 5.32 Å². The molecule has 2 heteroatoms. The Morgan fingerprint density at radius 3 is 2.29 bits per heavy atom. The van der Waals surface area contributed by atoms with Crippen LogP contribution in [0.15, 0.2) is 0 Å². The molecular weight excluding hydrogens is 226 g/mol. The molecule has 2 aliphatic rings. The molecule has 2 fully saturated rings. The molecule has 2 rings (SSSR count). The first-order chi connectivity index (χ1) is 8.18. The SMILES string of the molecule is CC1(C)CCSCC1NC1CCCCCCC1. The Hall–Kier alpha value is 0.310. The second-order valence-corrected chi connectivity index (χ2v) is 7.72. The summed E-state index contributed by atoms with van der Waals surface area (Å²) in [6, 6.07) is 1.55. The van der Waals surface area contributed by atoms with E-state index < -0.39 is 0 Å². The van der Waals surface area contributed by atoms with Gasteiger partial charge in [-0.1, -0.05) is 46.0 Å². The van der Waals surface area contributed by atoms with Gasteiger partial charge in [-0.2, -0.15) is 11.8 Å². The summed E-state index contributed by atoms with van der Waals surface area (Å²) in [6.45, 7) is 4.90. The lowest BCUT2D eigenvalue weighted by Crippen LogP contribution is -2.50. The van der Waals surface area contributed by atoms with Gasteiger partial charge in [0.15, 0.2) is 0 Å². The van der Waals surface area contributed by atoms with E-state index in [9.17, 15) is 0 Å². The third-order valence-electron chi connectivity index (χ3n) is 4.66. The van der Waals surface area contributed by atoms with E-state index in [1.54, 1.807) is 0 Å². The molecule has 0 radical (unpaired) electrons. The minimum atomic E-state index is 0.508. The molecule has 1 saturated heterocycles. The minimum absolute atomic E-state index is 0.508. The van der Waals surface area contributed by atoms with Crippen molar-refractivity contribution < 1.29 is 0 Å². The fourth-order valence-electron chi connectivity index (χ4n) is 3.12. The van der Waals surface area contributed by atoms with Gasteiger partial charge in [0.25, 0.3) is 0 Å². The Morgan fingerprint density at radius 1 is 1.00 bits per heavy atom. The van der Waals surface area contributed by atoms with Gasteiger partial charge in [0.2, 0.25) is 0 Å². The standard InChI is InChI=1S/C15H29NS/c1-15(2)10-11-17-12-14(15)16-13-8-6-4-3-5-7-9-13/h13-14,16H,3-12H2,1-2H3. The van der Waals surface area contributed by atoms with E-state index in [0.717, 1.165) is 12.1 Å². The van der Waals surface area contributed by atoms with E-state index in [0.29, 0.717) is 5.41 Å². The molecule has 1 aliphatic heterocycles. The van der Waals surface area contributed by atoms with E-state index in [-0.39, 0.29) is 0 Å². The molecule has 0 amide bonds. The van der Waals surface area contributed by atoms with Gasteiger partial charge in [0, 0.05) is 17.8 Å². The molecule has 1 nitrogen and oxygen atoms in total. The Balaban J connectivity index is 1.84. The quantitative estimate of drug-likeness (QED) is 0.793. The van der Waals surface area contributed by atoms with Gasteiger partial charge in [-0.25, -0.2) is 0 Å². The molecule has 1 heterocycles. The van der Waals surface area contributed by atoms with E-state index >= 15 is 0 Å². The molecule has 1 unspecified atom stereocenters. The number of nitrogens with one attached hydrogen (secondary N) is 1. The smallest absolute Gasteiger partial charge is 0.0212 e. The monoisotopic (exact) mass is 255 g/mol. The van der Waals surface area contributed by atoms with Crippen molar-refractivity contribution in [2.75, 3.05) is 11.5 Å². The number of hydrogen-bond acceptors (Lipinski definition) is 2. The van der Waals surface area contributed by atoms with Crippen molar-refractivity contribution in [1.29, 1.82) is 0 Å². The lowest BCUT2D eigenvalue weighted by Gasteiger charge is -2.41. The van der Waals surface area contributed by atoms with Crippen LogP contribution >= 0.6 is 11.8 Å². The molecule has 0 aromatic carbocycles. The maximum atomic E-state index is 4.00. The molecule has 100 valence electrons. The third kappa shape index (κ3) is 4.17. The summed E-state index contributed by atoms with van der Waals surface area (Å²) in [5, 5.41) is 4.00. The van der Waals surface area contributed by atoms with Crippen LogP contribution in [-0.4, -0.2) is 23.6 Å². The fraction of sp³-hybridized carbons (Fsp3) is 1.00. The van der Waals surface area contributed by atoms with Gasteiger partial charge in [-0.3, -0.25) is 0 Å². The Labute approximate surface area is 112 Å². The Bertz CT molecular complexity index is 219. The van der Waals surface area contributed by atoms with E-state index in [4.69, 9.17) is 0 Å². The molecule has 1 atom stereocenters. The summed E-state index contributed by atoms with van der Waals surface area (Å²) in [7, 11) is 0. The first-order valence-corrected chi connectivity index (χ1v) is 8.68. The van der Waals surface area contributed by atoms with Crippen LogP contribution in [0.3, 0.4) is 0 Å². The summed E-state index contributed by atoms with van der Waals surface area (Å²) in [4.78, 5) is 0. The maximum Gasteiger partial charge on any atom is 0.0212 e. The zero-order valence-electron chi connectivity index (χ0n) is 11.6. The van der Waals surface area contributed by atoms with Crippen molar-refractivity contribution in [3.63, 3.8) is 0 Å². The van der Waals surface area contributed by atoms with Crippen LogP contribution in [0.2, 0.25) is 0 Å². The van der Waals surface area contributed by atoms with Crippen LogP contribution < -0.4 is 5.32 Å². The minimum Gasteiger partial charge on any atom is -0.310 e. The first-order valence-electron chi connectivity index (χ1n) is 7.52. The Morgan fingerprint density at radius 2 is 1.65 bits per heavy atom. The predicted molar refractivity (Wildman–Crippen MR) is 78.8 cm³/mol. The lowest BCUT2D eigenvalue weighted by atomic mass is 9.81. The van der Waals surface area contributed by atoms with Crippen LogP contribution in [0, 0.1) is 5.41 Å². The summed E-state index contributed by atoms with van der Waals surface area (Å²) in [6.07, 6.45) is 11.5. The lowest BCUT2D eigenvalue weighted by molar-refractivity contribution is 0.215. The second kappa shape index (κ2) is 6.47. The highest BCUT2D eigenvalue weighted by Gasteiger charge is 2.33. The van der Waals surface area contributed by atoms with Gasteiger partial charge >= 0.3 is 0 Å². The number of thioether (sulfide) groups is 1. The molecule has 0 spiro atoms. The van der Waals surface area contributed by atoms with E-state index in [1.165, 1.54) is 62.9 Å². The molecular formula is C15H29NS. The van der Waals surface area contributed by atoms with Crippen LogP contribution in [-0.2, 0) is 0 Å². The zero-order valence-corrected chi connectivity index (χ0v) is 12.5. The largest absolute Gasteiger partial charge is 0.310 e. The fourth-order valence-corrected chi connectivity index (χ4v) is 4.74. The summed E-state index contributed by atoms with van der Waals surface area (Å²) in [5.74, 6) is 2.68. The van der Waals surface area contributed by atoms with Crippen LogP contribution in [0.4, 0.5) is 0 Å². The van der Waals surface area contributed by atoms with Crippen molar-refractivity contribution in [3.8, 4) is 0 Å². The van der Waals surface area contributed by atoms with Gasteiger partial charge in [0.05, 0.1) is 0 Å². The first kappa shape index (κ1) is 13.7. The summed E-state index contributed by atoms with van der Waals surface area (Å²) in [5.41, 5.74) is 0.508. The van der Waals surface area contributed by atoms with Crippen molar-refractivity contribution >= 4 is 11.8 Å². The highest BCUT2D eigenvalue weighted by molar-refractivity contribution is 7.99. The molecule has 1 N–H and O–H groups in total. The van der Waals surface area contributed by atoms with Crippen LogP contribution in [0.1, 0.15) is 65.2 Å². The van der Waals surface area contributed by atoms with Gasteiger partial charge in [-0.15, -0.1) is 0 Å². The average molecular weight is 255 g/mol. The number of hydrogen-bond donors (Lipinski definition) is 1. The summed E-state index contributed by atoms with van der Waals surface area (Å²) >= 11 is 2.14. The third-order valence-corrected chi connectivity index (χ3v) is 5.72. The van der Waals surface area contributed by atoms with E-state index in [1.807, 2.05) is 0 Å². The highest BCUT2D eigenvalue weighted by Crippen LogP contribution is 2.35. The normalized spacial score (nSPS) is 31.8. The van der Waals surface area contributed by atoms with Crippen LogP contribution in [0.25, 0.3) is 0 Å². The molecule has 1 saturated carbocycles. The molecule has 0 aromatic heterocycles. The molecule has 0 bridgehead atoms. The van der Waals surface area contributed by atoms with Crippen molar-refractivity contribution in [3.05, 3.63) is 0 Å². The Kier molecular flexibility index (Phi) is 5.23.